The summed E-state index contributed by atoms with van der Waals surface area (Å²) >= 11 is 5.35. The molecule has 2 heterocycles. The minimum absolute atomic E-state index is 0.00557. The molecule has 0 radical (unpaired) electrons. The molecule has 0 N–H and O–H groups in total. The molecule has 0 fully saturated rings. The van der Waals surface area contributed by atoms with E-state index in [1.807, 2.05) is 65.2 Å². The largest absolute Gasteiger partial charge is 0.429 e. The number of benzene rings is 3. The molecule has 116 valence electrons. The molecule has 4 aromatic rings. The fourth-order valence-corrected chi connectivity index (χ4v) is 3.65. The molecule has 1 aromatic heterocycles. The van der Waals surface area contributed by atoms with Crippen LogP contribution < -0.4 is 4.90 Å². The molecule has 5 rings (SSSR count). The van der Waals surface area contributed by atoms with E-state index in [0.29, 0.717) is 11.5 Å². The standard InChI is InChI=1S/C19H12N2O2S/c22-18-13-7-3-5-12-6-4-9-15(17(12)13)20(18)11-21-14-8-1-2-10-16(14)23-19(21)24/h1-10H,11H2. The minimum atomic E-state index is -0.00557. The molecular formula is C19H12N2O2S. The average molecular weight is 332 g/mol. The van der Waals surface area contributed by atoms with Gasteiger partial charge in [-0.3, -0.25) is 14.3 Å². The maximum Gasteiger partial charge on any atom is 0.271 e. The van der Waals surface area contributed by atoms with Gasteiger partial charge in [-0.15, -0.1) is 0 Å². The van der Waals surface area contributed by atoms with Crippen LogP contribution in [0.1, 0.15) is 10.4 Å². The molecular weight excluding hydrogens is 320 g/mol. The first kappa shape index (κ1) is 13.5. The summed E-state index contributed by atoms with van der Waals surface area (Å²) in [7, 11) is 0. The Morgan fingerprint density at radius 3 is 2.62 bits per heavy atom. The Kier molecular flexibility index (Phi) is 2.69. The normalized spacial score (nSPS) is 13.3. The molecule has 0 saturated heterocycles. The van der Waals surface area contributed by atoms with Gasteiger partial charge >= 0.3 is 0 Å². The van der Waals surface area contributed by atoms with Crippen molar-refractivity contribution in [3.63, 3.8) is 0 Å². The Hall–Kier alpha value is -2.92. The first-order valence-electron chi connectivity index (χ1n) is 7.66. The van der Waals surface area contributed by atoms with E-state index in [2.05, 4.69) is 0 Å². The molecule has 1 amide bonds. The van der Waals surface area contributed by atoms with Crippen LogP contribution in [0.3, 0.4) is 0 Å². The lowest BCUT2D eigenvalue weighted by molar-refractivity contribution is 0.0986. The van der Waals surface area contributed by atoms with E-state index < -0.39 is 0 Å². The number of oxazole rings is 1. The van der Waals surface area contributed by atoms with Gasteiger partial charge in [0.25, 0.3) is 10.7 Å². The molecule has 0 spiro atoms. The van der Waals surface area contributed by atoms with Crippen LogP contribution in [0.25, 0.3) is 21.9 Å². The quantitative estimate of drug-likeness (QED) is 0.498. The molecule has 0 atom stereocenters. The Morgan fingerprint density at radius 2 is 1.75 bits per heavy atom. The van der Waals surface area contributed by atoms with Gasteiger partial charge in [-0.1, -0.05) is 36.4 Å². The average Bonchev–Trinajstić information content (AvgIpc) is 3.07. The summed E-state index contributed by atoms with van der Waals surface area (Å²) in [5.41, 5.74) is 3.27. The fraction of sp³-hybridized carbons (Fsp3) is 0.0526. The molecule has 0 saturated carbocycles. The summed E-state index contributed by atoms with van der Waals surface area (Å²) in [6.45, 7) is 0.336. The molecule has 1 aliphatic rings. The second-order valence-corrected chi connectivity index (χ2v) is 6.17. The van der Waals surface area contributed by atoms with Crippen molar-refractivity contribution in [1.82, 2.24) is 4.57 Å². The SMILES string of the molecule is O=C1c2cccc3cccc(c23)N1Cn1c(=S)oc2ccccc21. The van der Waals surface area contributed by atoms with Crippen molar-refractivity contribution in [3.05, 3.63) is 71.1 Å². The maximum atomic E-state index is 12.9. The lowest BCUT2D eigenvalue weighted by atomic mass is 10.1. The third kappa shape index (κ3) is 1.73. The summed E-state index contributed by atoms with van der Waals surface area (Å²) in [4.78, 5) is 15.0. The van der Waals surface area contributed by atoms with Crippen molar-refractivity contribution in [3.8, 4) is 0 Å². The van der Waals surface area contributed by atoms with Crippen LogP contribution in [0, 0.1) is 4.84 Å². The number of fused-ring (bicyclic) bond motifs is 1. The Labute approximate surface area is 142 Å². The topological polar surface area (TPSA) is 38.4 Å². The third-order valence-corrected chi connectivity index (χ3v) is 4.81. The van der Waals surface area contributed by atoms with Crippen LogP contribution in [0.15, 0.2) is 65.1 Å². The van der Waals surface area contributed by atoms with Gasteiger partial charge in [-0.05, 0) is 41.9 Å². The second-order valence-electron chi connectivity index (χ2n) is 5.82. The van der Waals surface area contributed by atoms with Crippen molar-refractivity contribution in [2.75, 3.05) is 4.90 Å². The van der Waals surface area contributed by atoms with E-state index in [4.69, 9.17) is 16.6 Å². The van der Waals surface area contributed by atoms with Gasteiger partial charge in [-0.2, -0.15) is 0 Å². The van der Waals surface area contributed by atoms with Crippen LogP contribution in [0.4, 0.5) is 5.69 Å². The lowest BCUT2D eigenvalue weighted by Crippen LogP contribution is -2.29. The van der Waals surface area contributed by atoms with Crippen molar-refractivity contribution < 1.29 is 9.21 Å². The Balaban J connectivity index is 1.69. The number of aromatic nitrogens is 1. The van der Waals surface area contributed by atoms with Crippen molar-refractivity contribution >= 4 is 45.7 Å². The van der Waals surface area contributed by atoms with Gasteiger partial charge in [-0.25, -0.2) is 0 Å². The van der Waals surface area contributed by atoms with E-state index in [9.17, 15) is 4.79 Å². The van der Waals surface area contributed by atoms with Gasteiger partial charge < -0.3 is 4.42 Å². The highest BCUT2D eigenvalue weighted by Crippen LogP contribution is 2.37. The number of nitrogens with zero attached hydrogens (tertiary/aromatic N) is 2. The molecule has 0 bridgehead atoms. The minimum Gasteiger partial charge on any atom is -0.429 e. The van der Waals surface area contributed by atoms with E-state index in [-0.39, 0.29) is 5.91 Å². The highest BCUT2D eigenvalue weighted by atomic mass is 32.1. The maximum absolute atomic E-state index is 12.9. The third-order valence-electron chi connectivity index (χ3n) is 4.51. The molecule has 0 unspecified atom stereocenters. The number of para-hydroxylation sites is 2. The summed E-state index contributed by atoms with van der Waals surface area (Å²) in [5.74, 6) is -0.00557. The smallest absolute Gasteiger partial charge is 0.271 e. The van der Waals surface area contributed by atoms with Gasteiger partial charge in [0, 0.05) is 10.9 Å². The zero-order valence-electron chi connectivity index (χ0n) is 12.6. The predicted molar refractivity (Wildman–Crippen MR) is 95.8 cm³/mol. The molecule has 5 heteroatoms. The van der Waals surface area contributed by atoms with Crippen molar-refractivity contribution in [2.24, 2.45) is 0 Å². The molecule has 0 aliphatic carbocycles. The second kappa shape index (κ2) is 4.79. The van der Waals surface area contributed by atoms with Gasteiger partial charge in [0.15, 0.2) is 5.58 Å². The zero-order chi connectivity index (χ0) is 16.3. The number of amides is 1. The first-order valence-corrected chi connectivity index (χ1v) is 8.07. The fourth-order valence-electron chi connectivity index (χ4n) is 3.41. The number of hydrogen-bond acceptors (Lipinski definition) is 3. The van der Waals surface area contributed by atoms with E-state index >= 15 is 0 Å². The van der Waals surface area contributed by atoms with Gasteiger partial charge in [0.1, 0.15) is 6.67 Å². The predicted octanol–water partition coefficient (Wildman–Crippen LogP) is 4.73. The van der Waals surface area contributed by atoms with E-state index in [1.54, 1.807) is 4.90 Å². The van der Waals surface area contributed by atoms with E-state index in [1.165, 1.54) is 0 Å². The molecule has 1 aliphatic heterocycles. The highest BCUT2D eigenvalue weighted by molar-refractivity contribution is 7.71. The van der Waals surface area contributed by atoms with Crippen LogP contribution in [-0.4, -0.2) is 10.5 Å². The molecule has 4 nitrogen and oxygen atoms in total. The summed E-state index contributed by atoms with van der Waals surface area (Å²) in [6.07, 6.45) is 0. The van der Waals surface area contributed by atoms with E-state index in [0.717, 1.165) is 33.1 Å². The van der Waals surface area contributed by atoms with Crippen molar-refractivity contribution in [2.45, 2.75) is 6.67 Å². The van der Waals surface area contributed by atoms with Crippen LogP contribution in [0.2, 0.25) is 0 Å². The number of carbonyl (C=O) groups is 1. The summed E-state index contributed by atoms with van der Waals surface area (Å²) < 4.78 is 7.49. The highest BCUT2D eigenvalue weighted by Gasteiger charge is 2.30. The van der Waals surface area contributed by atoms with Crippen LogP contribution in [0.5, 0.6) is 0 Å². The molecule has 24 heavy (non-hydrogen) atoms. The zero-order valence-corrected chi connectivity index (χ0v) is 13.4. The summed E-state index contributed by atoms with van der Waals surface area (Å²) in [6, 6.07) is 19.5. The monoisotopic (exact) mass is 332 g/mol. The number of rotatable bonds is 2. The lowest BCUT2D eigenvalue weighted by Gasteiger charge is -2.18. The van der Waals surface area contributed by atoms with Crippen molar-refractivity contribution in [1.29, 1.82) is 0 Å². The number of carbonyl (C=O) groups excluding carboxylic acids is 1. The van der Waals surface area contributed by atoms with Gasteiger partial charge in [0.05, 0.1) is 11.2 Å². The summed E-state index contributed by atoms with van der Waals surface area (Å²) in [5, 5.41) is 2.07. The number of anilines is 1. The Bertz CT molecular complexity index is 1180. The number of hydrogen-bond donors (Lipinski definition) is 0. The first-order chi connectivity index (χ1) is 11.7. The Morgan fingerprint density at radius 1 is 0.958 bits per heavy atom. The van der Waals surface area contributed by atoms with Gasteiger partial charge in [0.2, 0.25) is 0 Å². The molecule has 3 aromatic carbocycles. The van der Waals surface area contributed by atoms with Crippen LogP contribution >= 0.6 is 12.2 Å². The van der Waals surface area contributed by atoms with Crippen LogP contribution in [-0.2, 0) is 6.67 Å².